The summed E-state index contributed by atoms with van der Waals surface area (Å²) < 4.78 is 37.5. The second-order valence-corrected chi connectivity index (χ2v) is 3.80. The number of carbonyl (C=O) groups is 1. The van der Waals surface area contributed by atoms with E-state index in [0.29, 0.717) is 6.07 Å². The van der Waals surface area contributed by atoms with Crippen LogP contribution >= 0.6 is 0 Å². The van der Waals surface area contributed by atoms with E-state index in [1.54, 1.807) is 0 Å². The molecule has 0 fully saturated rings. The molecule has 2 aromatic rings. The first-order chi connectivity index (χ1) is 8.71. The molecule has 100 valence electrons. The lowest BCUT2D eigenvalue weighted by Crippen LogP contribution is -2.23. The number of nitrogens with two attached hydrogens (primary N) is 1. The number of hydrogen-bond acceptors (Lipinski definition) is 3. The summed E-state index contributed by atoms with van der Waals surface area (Å²) in [5.74, 6) is -1.90. The molecule has 0 aliphatic carbocycles. The maximum absolute atomic E-state index is 12.5. The number of aromatic hydroxyl groups is 1. The molecule has 1 aromatic carbocycles. The van der Waals surface area contributed by atoms with Gasteiger partial charge in [0.2, 0.25) is 0 Å². The molecule has 0 spiro atoms. The van der Waals surface area contributed by atoms with Crippen LogP contribution in [0.3, 0.4) is 0 Å². The average molecular weight is 272 g/mol. The van der Waals surface area contributed by atoms with Gasteiger partial charge < -0.3 is 15.8 Å². The average Bonchev–Trinajstić information content (AvgIpc) is 2.26. The first-order valence-electron chi connectivity index (χ1n) is 4.98. The lowest BCUT2D eigenvalue weighted by Gasteiger charge is -2.09. The number of fused-ring (bicyclic) bond motifs is 1. The van der Waals surface area contributed by atoms with Gasteiger partial charge >= 0.3 is 6.18 Å². The summed E-state index contributed by atoms with van der Waals surface area (Å²) in [6.07, 6.45) is -4.58. The predicted molar refractivity (Wildman–Crippen MR) is 59.8 cm³/mol. The minimum absolute atomic E-state index is 0.0959. The molecule has 1 aromatic heterocycles. The van der Waals surface area contributed by atoms with Crippen molar-refractivity contribution in [2.75, 3.05) is 0 Å². The Hall–Kier alpha value is -2.51. The van der Waals surface area contributed by atoms with Gasteiger partial charge in [0, 0.05) is 5.39 Å². The molecule has 1 amide bonds. The fourth-order valence-corrected chi connectivity index (χ4v) is 1.69. The third-order valence-corrected chi connectivity index (χ3v) is 2.56. The Labute approximate surface area is 103 Å². The van der Waals surface area contributed by atoms with Crippen molar-refractivity contribution in [1.82, 2.24) is 4.98 Å². The maximum Gasteiger partial charge on any atom is 0.416 e. The van der Waals surface area contributed by atoms with Crippen LogP contribution in [0.2, 0.25) is 0 Å². The number of alkyl halides is 3. The lowest BCUT2D eigenvalue weighted by atomic mass is 10.1. The molecular weight excluding hydrogens is 265 g/mol. The predicted octanol–water partition coefficient (Wildman–Crippen LogP) is 1.35. The van der Waals surface area contributed by atoms with E-state index in [1.165, 1.54) is 0 Å². The lowest BCUT2D eigenvalue weighted by molar-refractivity contribution is -0.137. The number of halogens is 3. The van der Waals surface area contributed by atoms with Crippen molar-refractivity contribution in [2.45, 2.75) is 6.18 Å². The highest BCUT2D eigenvalue weighted by Crippen LogP contribution is 2.33. The van der Waals surface area contributed by atoms with E-state index < -0.39 is 34.5 Å². The molecule has 1 heterocycles. The molecule has 0 aliphatic heterocycles. The third kappa shape index (κ3) is 2.12. The standard InChI is InChI=1S/C11H7F3N2O3/c12-11(13,14)4-1-2-5-6(3-4)16-10(19)7(8(5)17)9(15)18/h1-3H,(H2,15,18)(H2,16,17,19). The van der Waals surface area contributed by atoms with Crippen molar-refractivity contribution in [1.29, 1.82) is 0 Å². The fourth-order valence-electron chi connectivity index (χ4n) is 1.69. The molecule has 8 heteroatoms. The number of amides is 1. The van der Waals surface area contributed by atoms with E-state index in [2.05, 4.69) is 4.98 Å². The van der Waals surface area contributed by atoms with Crippen molar-refractivity contribution in [2.24, 2.45) is 5.73 Å². The van der Waals surface area contributed by atoms with E-state index in [9.17, 15) is 27.9 Å². The zero-order valence-electron chi connectivity index (χ0n) is 9.21. The molecule has 0 saturated carbocycles. The summed E-state index contributed by atoms with van der Waals surface area (Å²) in [7, 11) is 0. The van der Waals surface area contributed by atoms with Crippen molar-refractivity contribution >= 4 is 16.8 Å². The Kier molecular flexibility index (Phi) is 2.73. The Morgan fingerprint density at radius 1 is 1.32 bits per heavy atom. The number of H-pyrrole nitrogens is 1. The van der Waals surface area contributed by atoms with Crippen molar-refractivity contribution < 1.29 is 23.1 Å². The van der Waals surface area contributed by atoms with Crippen LogP contribution in [-0.4, -0.2) is 16.0 Å². The monoisotopic (exact) mass is 272 g/mol. The zero-order chi connectivity index (χ0) is 14.4. The number of carbonyl (C=O) groups excluding carboxylic acids is 1. The quantitative estimate of drug-likeness (QED) is 0.731. The number of pyridine rings is 1. The van der Waals surface area contributed by atoms with Crippen molar-refractivity contribution in [3.05, 3.63) is 39.7 Å². The van der Waals surface area contributed by atoms with Gasteiger partial charge in [-0.1, -0.05) is 0 Å². The van der Waals surface area contributed by atoms with Gasteiger partial charge in [-0.05, 0) is 18.2 Å². The van der Waals surface area contributed by atoms with Gasteiger partial charge in [0.25, 0.3) is 11.5 Å². The number of primary amides is 1. The van der Waals surface area contributed by atoms with Gasteiger partial charge in [-0.15, -0.1) is 0 Å². The van der Waals surface area contributed by atoms with Gasteiger partial charge in [-0.25, -0.2) is 0 Å². The van der Waals surface area contributed by atoms with E-state index in [4.69, 9.17) is 5.73 Å². The number of benzene rings is 1. The van der Waals surface area contributed by atoms with E-state index in [1.807, 2.05) is 0 Å². The topological polar surface area (TPSA) is 96.2 Å². The molecule has 5 nitrogen and oxygen atoms in total. The molecule has 0 aliphatic rings. The molecule has 0 unspecified atom stereocenters. The van der Waals surface area contributed by atoms with Crippen LogP contribution in [0, 0.1) is 0 Å². The van der Waals surface area contributed by atoms with Gasteiger partial charge in [0.1, 0.15) is 11.3 Å². The molecule has 0 radical (unpaired) electrons. The second-order valence-electron chi connectivity index (χ2n) is 3.80. The summed E-state index contributed by atoms with van der Waals surface area (Å²) in [5.41, 5.74) is 1.96. The Morgan fingerprint density at radius 3 is 2.47 bits per heavy atom. The summed E-state index contributed by atoms with van der Waals surface area (Å²) in [6.45, 7) is 0. The largest absolute Gasteiger partial charge is 0.506 e. The molecule has 0 bridgehead atoms. The molecule has 0 saturated heterocycles. The SMILES string of the molecule is NC(=O)c1c(O)c2ccc(C(F)(F)F)cc2[nH]c1=O. The second kappa shape index (κ2) is 4.01. The molecule has 4 N–H and O–H groups in total. The maximum atomic E-state index is 12.5. The number of aromatic amines is 1. The van der Waals surface area contributed by atoms with Gasteiger partial charge in [-0.3, -0.25) is 9.59 Å². The van der Waals surface area contributed by atoms with Crippen LogP contribution < -0.4 is 11.3 Å². The molecule has 2 rings (SSSR count). The third-order valence-electron chi connectivity index (χ3n) is 2.56. The van der Waals surface area contributed by atoms with Gasteiger partial charge in [-0.2, -0.15) is 13.2 Å². The number of hydrogen-bond donors (Lipinski definition) is 3. The van der Waals surface area contributed by atoms with Crippen LogP contribution in [0.5, 0.6) is 5.75 Å². The van der Waals surface area contributed by atoms with Crippen LogP contribution in [0.15, 0.2) is 23.0 Å². The van der Waals surface area contributed by atoms with Crippen molar-refractivity contribution in [3.63, 3.8) is 0 Å². The molecule has 0 atom stereocenters. The zero-order valence-corrected chi connectivity index (χ0v) is 9.21. The summed E-state index contributed by atoms with van der Waals surface area (Å²) >= 11 is 0. The fraction of sp³-hybridized carbons (Fsp3) is 0.0909. The van der Waals surface area contributed by atoms with Gasteiger partial charge in [0.05, 0.1) is 11.1 Å². The van der Waals surface area contributed by atoms with E-state index in [0.717, 1.165) is 12.1 Å². The Bertz CT molecular complexity index is 734. The van der Waals surface area contributed by atoms with Crippen molar-refractivity contribution in [3.8, 4) is 5.75 Å². The minimum Gasteiger partial charge on any atom is -0.506 e. The highest BCUT2D eigenvalue weighted by molar-refractivity contribution is 6.01. The van der Waals surface area contributed by atoms with Crippen LogP contribution in [-0.2, 0) is 6.18 Å². The Morgan fingerprint density at radius 2 is 1.95 bits per heavy atom. The normalized spacial score (nSPS) is 11.7. The minimum atomic E-state index is -4.58. The van der Waals surface area contributed by atoms with Crippen LogP contribution in [0.4, 0.5) is 13.2 Å². The number of rotatable bonds is 1. The smallest absolute Gasteiger partial charge is 0.416 e. The summed E-state index contributed by atoms with van der Waals surface area (Å²) in [6, 6.07) is 2.35. The number of nitrogens with one attached hydrogen (secondary N) is 1. The number of aromatic nitrogens is 1. The first-order valence-corrected chi connectivity index (χ1v) is 4.98. The summed E-state index contributed by atoms with van der Waals surface area (Å²) in [5, 5.41) is 9.60. The molecular formula is C11H7F3N2O3. The highest BCUT2D eigenvalue weighted by atomic mass is 19.4. The van der Waals surface area contributed by atoms with E-state index >= 15 is 0 Å². The first kappa shape index (κ1) is 12.9. The van der Waals surface area contributed by atoms with Gasteiger partial charge in [0.15, 0.2) is 0 Å². The van der Waals surface area contributed by atoms with Crippen LogP contribution in [0.1, 0.15) is 15.9 Å². The Balaban J connectivity index is 2.82. The highest BCUT2D eigenvalue weighted by Gasteiger charge is 2.31. The summed E-state index contributed by atoms with van der Waals surface area (Å²) in [4.78, 5) is 24.5. The van der Waals surface area contributed by atoms with E-state index in [-0.39, 0.29) is 10.9 Å². The van der Waals surface area contributed by atoms with Crippen LogP contribution in [0.25, 0.3) is 10.9 Å². The molecule has 19 heavy (non-hydrogen) atoms.